The van der Waals surface area contributed by atoms with Gasteiger partial charge in [0.2, 0.25) is 5.91 Å². The van der Waals surface area contributed by atoms with Gasteiger partial charge in [0.15, 0.2) is 0 Å². The molecule has 2 aliphatic rings. The summed E-state index contributed by atoms with van der Waals surface area (Å²) in [6.07, 6.45) is 2.01. The van der Waals surface area contributed by atoms with E-state index in [2.05, 4.69) is 5.32 Å². The number of benzene rings is 2. The zero-order valence-corrected chi connectivity index (χ0v) is 15.5. The van der Waals surface area contributed by atoms with Gasteiger partial charge in [-0.3, -0.25) is 9.59 Å². The minimum Gasteiger partial charge on any atom is -0.353 e. The molecule has 6 heteroatoms. The quantitative estimate of drug-likeness (QED) is 0.872. The van der Waals surface area contributed by atoms with Gasteiger partial charge in [-0.1, -0.05) is 29.8 Å². The molecule has 1 heterocycles. The van der Waals surface area contributed by atoms with E-state index in [1.54, 1.807) is 41.3 Å². The largest absolute Gasteiger partial charge is 0.353 e. The maximum atomic E-state index is 13.3. The van der Waals surface area contributed by atoms with E-state index in [-0.39, 0.29) is 35.5 Å². The summed E-state index contributed by atoms with van der Waals surface area (Å²) in [5.74, 6) is -1.01. The molecule has 2 atom stereocenters. The van der Waals surface area contributed by atoms with Gasteiger partial charge in [-0.25, -0.2) is 4.39 Å². The Hall–Kier alpha value is -2.40. The van der Waals surface area contributed by atoms with Crippen LogP contribution < -0.4 is 5.32 Å². The molecule has 1 saturated carbocycles. The molecule has 2 aromatic carbocycles. The second kappa shape index (κ2) is 7.31. The van der Waals surface area contributed by atoms with Crippen LogP contribution in [-0.4, -0.2) is 35.8 Å². The number of likely N-dealkylation sites (tertiary alicyclic amines) is 1. The Morgan fingerprint density at radius 1 is 1.07 bits per heavy atom. The van der Waals surface area contributed by atoms with E-state index in [4.69, 9.17) is 11.6 Å². The van der Waals surface area contributed by atoms with Crippen LogP contribution in [-0.2, 0) is 4.79 Å². The number of nitrogens with zero attached hydrogens (tertiary/aromatic N) is 1. The molecule has 0 aromatic heterocycles. The lowest BCUT2D eigenvalue weighted by molar-refractivity contribution is -0.125. The maximum Gasteiger partial charge on any atom is 0.253 e. The van der Waals surface area contributed by atoms with Crippen LogP contribution in [0.15, 0.2) is 48.5 Å². The Bertz CT molecular complexity index is 867. The number of amides is 2. The molecule has 27 heavy (non-hydrogen) atoms. The molecule has 0 radical (unpaired) electrons. The van der Waals surface area contributed by atoms with Crippen LogP contribution >= 0.6 is 11.6 Å². The highest BCUT2D eigenvalue weighted by Gasteiger charge is 2.41. The molecule has 140 valence electrons. The molecule has 4 rings (SSSR count). The number of hydrogen-bond acceptors (Lipinski definition) is 2. The van der Waals surface area contributed by atoms with Crippen molar-refractivity contribution in [2.24, 2.45) is 5.92 Å². The van der Waals surface area contributed by atoms with Crippen molar-refractivity contribution in [2.45, 2.75) is 24.8 Å². The first-order chi connectivity index (χ1) is 13.0. The topological polar surface area (TPSA) is 49.4 Å². The molecule has 2 aromatic rings. The van der Waals surface area contributed by atoms with Crippen LogP contribution in [0.2, 0.25) is 5.02 Å². The first kappa shape index (κ1) is 18.0. The third-order valence-electron chi connectivity index (χ3n) is 5.24. The van der Waals surface area contributed by atoms with E-state index in [9.17, 15) is 14.0 Å². The Kier molecular flexibility index (Phi) is 4.87. The minimum atomic E-state index is -0.348. The van der Waals surface area contributed by atoms with E-state index >= 15 is 0 Å². The van der Waals surface area contributed by atoms with Gasteiger partial charge in [0.05, 0.1) is 5.92 Å². The van der Waals surface area contributed by atoms with Crippen molar-refractivity contribution in [3.05, 3.63) is 70.5 Å². The van der Waals surface area contributed by atoms with Gasteiger partial charge in [0, 0.05) is 35.6 Å². The molecule has 1 aliphatic heterocycles. The van der Waals surface area contributed by atoms with Crippen molar-refractivity contribution < 1.29 is 14.0 Å². The molecule has 1 saturated heterocycles. The second-order valence-electron chi connectivity index (χ2n) is 7.27. The van der Waals surface area contributed by atoms with Crippen LogP contribution in [0, 0.1) is 11.7 Å². The fourth-order valence-corrected chi connectivity index (χ4v) is 3.81. The molecule has 1 N–H and O–H groups in total. The summed E-state index contributed by atoms with van der Waals surface area (Å²) in [5, 5.41) is 3.54. The van der Waals surface area contributed by atoms with Gasteiger partial charge >= 0.3 is 0 Å². The highest BCUT2D eigenvalue weighted by atomic mass is 35.5. The van der Waals surface area contributed by atoms with Crippen LogP contribution in [0.4, 0.5) is 4.39 Å². The molecule has 1 aliphatic carbocycles. The first-order valence-corrected chi connectivity index (χ1v) is 9.50. The minimum absolute atomic E-state index is 0.0341. The summed E-state index contributed by atoms with van der Waals surface area (Å²) < 4.78 is 13.3. The van der Waals surface area contributed by atoms with Gasteiger partial charge < -0.3 is 10.2 Å². The summed E-state index contributed by atoms with van der Waals surface area (Å²) in [7, 11) is 0. The summed E-state index contributed by atoms with van der Waals surface area (Å²) >= 11 is 6.01. The predicted octanol–water partition coefficient (Wildman–Crippen LogP) is 3.61. The Labute approximate surface area is 162 Å². The maximum absolute atomic E-state index is 13.3. The molecular formula is C21H20ClFN2O2. The highest BCUT2D eigenvalue weighted by molar-refractivity contribution is 6.30. The lowest BCUT2D eigenvalue weighted by Crippen LogP contribution is -2.36. The highest BCUT2D eigenvalue weighted by Crippen LogP contribution is 2.35. The molecule has 4 nitrogen and oxygen atoms in total. The van der Waals surface area contributed by atoms with Crippen LogP contribution in [0.25, 0.3) is 0 Å². The summed E-state index contributed by atoms with van der Waals surface area (Å²) in [4.78, 5) is 27.4. The van der Waals surface area contributed by atoms with E-state index in [0.29, 0.717) is 23.7 Å². The lowest BCUT2D eigenvalue weighted by atomic mass is 9.88. The van der Waals surface area contributed by atoms with Gasteiger partial charge in [0.25, 0.3) is 5.91 Å². The molecule has 2 amide bonds. The summed E-state index contributed by atoms with van der Waals surface area (Å²) in [6, 6.07) is 13.3. The molecule has 0 bridgehead atoms. The van der Waals surface area contributed by atoms with Crippen molar-refractivity contribution in [3.8, 4) is 0 Å². The SMILES string of the molecule is O=C(NC1CC1)C1CN(C(=O)c2cccc(Cl)c2)CC1c1ccc(F)cc1. The Balaban J connectivity index is 1.58. The zero-order valence-electron chi connectivity index (χ0n) is 14.7. The normalized spacial score (nSPS) is 21.9. The summed E-state index contributed by atoms with van der Waals surface area (Å²) in [5.41, 5.74) is 1.37. The smallest absolute Gasteiger partial charge is 0.253 e. The van der Waals surface area contributed by atoms with Crippen LogP contribution in [0.3, 0.4) is 0 Å². The van der Waals surface area contributed by atoms with Crippen molar-refractivity contribution in [3.63, 3.8) is 0 Å². The molecule has 2 unspecified atom stereocenters. The predicted molar refractivity (Wildman–Crippen MR) is 101 cm³/mol. The van der Waals surface area contributed by atoms with Gasteiger partial charge in [-0.05, 0) is 48.7 Å². The van der Waals surface area contributed by atoms with E-state index in [1.165, 1.54) is 12.1 Å². The van der Waals surface area contributed by atoms with Crippen molar-refractivity contribution in [2.75, 3.05) is 13.1 Å². The van der Waals surface area contributed by atoms with E-state index in [0.717, 1.165) is 18.4 Å². The van der Waals surface area contributed by atoms with Crippen molar-refractivity contribution >= 4 is 23.4 Å². The Morgan fingerprint density at radius 2 is 1.81 bits per heavy atom. The number of carbonyl (C=O) groups excluding carboxylic acids is 2. The van der Waals surface area contributed by atoms with Gasteiger partial charge in [0.1, 0.15) is 5.82 Å². The van der Waals surface area contributed by atoms with Gasteiger partial charge in [-0.15, -0.1) is 0 Å². The monoisotopic (exact) mass is 386 g/mol. The first-order valence-electron chi connectivity index (χ1n) is 9.12. The van der Waals surface area contributed by atoms with Crippen LogP contribution in [0.1, 0.15) is 34.7 Å². The van der Waals surface area contributed by atoms with E-state index < -0.39 is 0 Å². The van der Waals surface area contributed by atoms with E-state index in [1.807, 2.05) is 0 Å². The van der Waals surface area contributed by atoms with Gasteiger partial charge in [-0.2, -0.15) is 0 Å². The third kappa shape index (κ3) is 3.98. The number of carbonyl (C=O) groups is 2. The lowest BCUT2D eigenvalue weighted by Gasteiger charge is -2.18. The fraction of sp³-hybridized carbons (Fsp3) is 0.333. The summed E-state index contributed by atoms with van der Waals surface area (Å²) in [6.45, 7) is 0.756. The van der Waals surface area contributed by atoms with Crippen molar-refractivity contribution in [1.82, 2.24) is 10.2 Å². The zero-order chi connectivity index (χ0) is 19.0. The number of halogens is 2. The molecule has 0 spiro atoms. The average molecular weight is 387 g/mol. The fourth-order valence-electron chi connectivity index (χ4n) is 3.62. The van der Waals surface area contributed by atoms with Crippen LogP contribution in [0.5, 0.6) is 0 Å². The third-order valence-corrected chi connectivity index (χ3v) is 5.47. The average Bonchev–Trinajstić information content (AvgIpc) is 3.36. The second-order valence-corrected chi connectivity index (χ2v) is 7.70. The number of hydrogen-bond donors (Lipinski definition) is 1. The molecular weight excluding hydrogens is 367 g/mol. The number of rotatable bonds is 4. The Morgan fingerprint density at radius 3 is 2.48 bits per heavy atom. The van der Waals surface area contributed by atoms with Crippen molar-refractivity contribution in [1.29, 1.82) is 0 Å². The molecule has 2 fully saturated rings. The standard InChI is InChI=1S/C21H20ClFN2O2/c22-15-3-1-2-14(10-15)21(27)25-11-18(13-4-6-16(23)7-5-13)19(12-25)20(26)24-17-8-9-17/h1-7,10,17-19H,8-9,11-12H2,(H,24,26). The number of nitrogens with one attached hydrogen (secondary N) is 1.